The Morgan fingerprint density at radius 3 is 2.32 bits per heavy atom. The number of hydrogen-bond acceptors (Lipinski definition) is 2. The van der Waals surface area contributed by atoms with Crippen molar-refractivity contribution in [1.82, 2.24) is 5.32 Å². The Kier molecular flexibility index (Phi) is 6.60. The highest BCUT2D eigenvalue weighted by Gasteiger charge is 2.33. The third-order valence-electron chi connectivity index (χ3n) is 3.84. The molecule has 0 unspecified atom stereocenters. The van der Waals surface area contributed by atoms with Crippen molar-refractivity contribution in [3.63, 3.8) is 0 Å². The van der Waals surface area contributed by atoms with Crippen LogP contribution in [0.25, 0.3) is 0 Å². The van der Waals surface area contributed by atoms with E-state index in [2.05, 4.69) is 19.2 Å². The van der Waals surface area contributed by atoms with E-state index in [9.17, 15) is 13.2 Å². The minimum atomic E-state index is -4.21. The monoisotopic (exact) mass is 281 g/mol. The average Bonchev–Trinajstić information content (AvgIpc) is 2.33. The molecule has 0 aromatic heterocycles. The molecule has 19 heavy (non-hydrogen) atoms. The fourth-order valence-corrected chi connectivity index (χ4v) is 2.71. The summed E-state index contributed by atoms with van der Waals surface area (Å²) in [4.78, 5) is 0. The van der Waals surface area contributed by atoms with Crippen LogP contribution in [-0.4, -0.2) is 32.0 Å². The lowest BCUT2D eigenvalue weighted by atomic mass is 9.72. The van der Waals surface area contributed by atoms with Crippen LogP contribution in [0.5, 0.6) is 0 Å². The first-order chi connectivity index (χ1) is 8.83. The SMILES string of the molecule is CC(C)NCC1(CCOCC(F)(F)F)CCCCC1. The lowest BCUT2D eigenvalue weighted by Crippen LogP contribution is -2.40. The second-order valence-corrected chi connectivity index (χ2v) is 6.01. The zero-order valence-corrected chi connectivity index (χ0v) is 12.0. The standard InChI is InChI=1S/C14H26F3NO/c1-12(2)18-10-13(6-4-3-5-7-13)8-9-19-11-14(15,16)17/h12,18H,3-11H2,1-2H3. The fraction of sp³-hybridized carbons (Fsp3) is 1.00. The van der Waals surface area contributed by atoms with Gasteiger partial charge in [0.15, 0.2) is 0 Å². The van der Waals surface area contributed by atoms with Crippen molar-refractivity contribution in [3.05, 3.63) is 0 Å². The number of ether oxygens (including phenoxy) is 1. The van der Waals surface area contributed by atoms with E-state index in [1.54, 1.807) is 0 Å². The molecule has 0 saturated heterocycles. The zero-order chi connectivity index (χ0) is 14.4. The van der Waals surface area contributed by atoms with E-state index in [1.807, 2.05) is 0 Å². The van der Waals surface area contributed by atoms with Gasteiger partial charge < -0.3 is 10.1 Å². The average molecular weight is 281 g/mol. The predicted octanol–water partition coefficient (Wildman–Crippen LogP) is 3.90. The van der Waals surface area contributed by atoms with Crippen LogP contribution in [0.4, 0.5) is 13.2 Å². The molecule has 0 heterocycles. The first-order valence-electron chi connectivity index (χ1n) is 7.21. The Morgan fingerprint density at radius 1 is 1.16 bits per heavy atom. The van der Waals surface area contributed by atoms with Gasteiger partial charge in [0, 0.05) is 19.2 Å². The van der Waals surface area contributed by atoms with E-state index in [0.717, 1.165) is 25.8 Å². The second-order valence-electron chi connectivity index (χ2n) is 6.01. The Hall–Kier alpha value is -0.290. The molecule has 0 amide bonds. The molecule has 0 radical (unpaired) electrons. The largest absolute Gasteiger partial charge is 0.411 e. The normalized spacial score (nSPS) is 19.9. The van der Waals surface area contributed by atoms with E-state index < -0.39 is 12.8 Å². The summed E-state index contributed by atoms with van der Waals surface area (Å²) >= 11 is 0. The van der Waals surface area contributed by atoms with Crippen LogP contribution in [-0.2, 0) is 4.74 Å². The molecule has 0 aromatic rings. The van der Waals surface area contributed by atoms with Crippen LogP contribution in [0.1, 0.15) is 52.4 Å². The molecule has 1 N–H and O–H groups in total. The molecule has 1 aliphatic carbocycles. The molecular weight excluding hydrogens is 255 g/mol. The number of halogens is 3. The maximum atomic E-state index is 12.0. The number of alkyl halides is 3. The molecule has 1 aliphatic rings. The van der Waals surface area contributed by atoms with Crippen molar-refractivity contribution in [2.24, 2.45) is 5.41 Å². The molecule has 5 heteroatoms. The van der Waals surface area contributed by atoms with Gasteiger partial charge >= 0.3 is 6.18 Å². The van der Waals surface area contributed by atoms with Crippen molar-refractivity contribution in [2.45, 2.75) is 64.6 Å². The van der Waals surface area contributed by atoms with Crippen LogP contribution in [0.15, 0.2) is 0 Å². The molecule has 0 aliphatic heterocycles. The van der Waals surface area contributed by atoms with Crippen LogP contribution < -0.4 is 5.32 Å². The molecule has 0 bridgehead atoms. The maximum Gasteiger partial charge on any atom is 0.411 e. The molecule has 1 saturated carbocycles. The molecule has 0 atom stereocenters. The van der Waals surface area contributed by atoms with Gasteiger partial charge in [0.05, 0.1) is 0 Å². The third-order valence-corrected chi connectivity index (χ3v) is 3.84. The summed E-state index contributed by atoms with van der Waals surface area (Å²) in [6.07, 6.45) is 2.31. The topological polar surface area (TPSA) is 21.3 Å². The molecular formula is C14H26F3NO. The molecule has 2 nitrogen and oxygen atoms in total. The van der Waals surface area contributed by atoms with Gasteiger partial charge in [-0.15, -0.1) is 0 Å². The second kappa shape index (κ2) is 7.48. The van der Waals surface area contributed by atoms with Crippen molar-refractivity contribution >= 4 is 0 Å². The van der Waals surface area contributed by atoms with Crippen LogP contribution in [0.2, 0.25) is 0 Å². The van der Waals surface area contributed by atoms with E-state index in [-0.39, 0.29) is 12.0 Å². The predicted molar refractivity (Wildman–Crippen MR) is 70.1 cm³/mol. The Labute approximate surface area is 114 Å². The number of nitrogens with one attached hydrogen (secondary N) is 1. The first kappa shape index (κ1) is 16.8. The highest BCUT2D eigenvalue weighted by molar-refractivity contribution is 4.85. The van der Waals surface area contributed by atoms with Crippen molar-refractivity contribution < 1.29 is 17.9 Å². The summed E-state index contributed by atoms with van der Waals surface area (Å²) in [5, 5.41) is 3.44. The molecule has 0 aromatic carbocycles. The van der Waals surface area contributed by atoms with E-state index in [4.69, 9.17) is 4.74 Å². The quantitative estimate of drug-likeness (QED) is 0.714. The van der Waals surface area contributed by atoms with Crippen molar-refractivity contribution in [2.75, 3.05) is 19.8 Å². The zero-order valence-electron chi connectivity index (χ0n) is 12.0. The Morgan fingerprint density at radius 2 is 1.79 bits per heavy atom. The summed E-state index contributed by atoms with van der Waals surface area (Å²) < 4.78 is 40.9. The van der Waals surface area contributed by atoms with Gasteiger partial charge in [-0.25, -0.2) is 0 Å². The first-order valence-corrected chi connectivity index (χ1v) is 7.21. The number of hydrogen-bond donors (Lipinski definition) is 1. The van der Waals surface area contributed by atoms with Gasteiger partial charge in [-0.1, -0.05) is 33.1 Å². The van der Waals surface area contributed by atoms with E-state index >= 15 is 0 Å². The maximum absolute atomic E-state index is 12.0. The van der Waals surface area contributed by atoms with E-state index in [0.29, 0.717) is 6.04 Å². The summed E-state index contributed by atoms with van der Waals surface area (Å²) in [5.74, 6) is 0. The summed E-state index contributed by atoms with van der Waals surface area (Å²) in [5.41, 5.74) is 0.133. The smallest absolute Gasteiger partial charge is 0.372 e. The highest BCUT2D eigenvalue weighted by Crippen LogP contribution is 2.39. The Balaban J connectivity index is 2.36. The van der Waals surface area contributed by atoms with Gasteiger partial charge in [0.1, 0.15) is 6.61 Å². The van der Waals surface area contributed by atoms with Crippen LogP contribution >= 0.6 is 0 Å². The van der Waals surface area contributed by atoms with Gasteiger partial charge in [0.2, 0.25) is 0 Å². The van der Waals surface area contributed by atoms with Crippen LogP contribution in [0, 0.1) is 5.41 Å². The lowest BCUT2D eigenvalue weighted by molar-refractivity contribution is -0.175. The third kappa shape index (κ3) is 7.16. The fourth-order valence-electron chi connectivity index (χ4n) is 2.71. The lowest BCUT2D eigenvalue weighted by Gasteiger charge is -2.38. The van der Waals surface area contributed by atoms with Crippen molar-refractivity contribution in [3.8, 4) is 0 Å². The summed E-state index contributed by atoms with van der Waals surface area (Å²) in [6, 6.07) is 0.412. The summed E-state index contributed by atoms with van der Waals surface area (Å²) in [6.45, 7) is 4.16. The van der Waals surface area contributed by atoms with Gasteiger partial charge in [-0.2, -0.15) is 13.2 Å². The minimum absolute atomic E-state index is 0.133. The molecule has 114 valence electrons. The van der Waals surface area contributed by atoms with E-state index in [1.165, 1.54) is 19.3 Å². The Bertz CT molecular complexity index is 248. The highest BCUT2D eigenvalue weighted by atomic mass is 19.4. The summed E-state index contributed by atoms with van der Waals surface area (Å²) in [7, 11) is 0. The molecule has 1 rings (SSSR count). The minimum Gasteiger partial charge on any atom is -0.372 e. The molecule has 0 spiro atoms. The van der Waals surface area contributed by atoms with Crippen LogP contribution in [0.3, 0.4) is 0 Å². The van der Waals surface area contributed by atoms with Crippen molar-refractivity contribution in [1.29, 1.82) is 0 Å². The molecule has 1 fully saturated rings. The van der Waals surface area contributed by atoms with Gasteiger partial charge in [0.25, 0.3) is 0 Å². The number of rotatable bonds is 7. The van der Waals surface area contributed by atoms with Gasteiger partial charge in [-0.3, -0.25) is 0 Å². The van der Waals surface area contributed by atoms with Gasteiger partial charge in [-0.05, 0) is 24.7 Å².